The van der Waals surface area contributed by atoms with Crippen molar-refractivity contribution >= 4 is 17.8 Å². The Morgan fingerprint density at radius 1 is 1.30 bits per heavy atom. The first-order valence-corrected chi connectivity index (χ1v) is 9.31. The van der Waals surface area contributed by atoms with Gasteiger partial charge in [-0.05, 0) is 23.6 Å². The molecular formula is C19H24N6O5. The summed E-state index contributed by atoms with van der Waals surface area (Å²) < 4.78 is 5.41. The molecule has 0 radical (unpaired) electrons. The Labute approximate surface area is 173 Å². The number of hydrogen-bond acceptors (Lipinski definition) is 6. The minimum absolute atomic E-state index is 0.0300. The van der Waals surface area contributed by atoms with Gasteiger partial charge < -0.3 is 25.8 Å². The molecule has 1 aliphatic heterocycles. The number of azide groups is 1. The van der Waals surface area contributed by atoms with Gasteiger partial charge in [-0.2, -0.15) is 0 Å². The Bertz CT molecular complexity index is 852. The zero-order chi connectivity index (χ0) is 22.1. The SMILES string of the molecule is CC(=O)N[C@@H]1[C@@H](N)C=C(C(=O)O)O[C@H]1C(=O)N(CCN=[N+]=[N-])CCc1ccccc1. The van der Waals surface area contributed by atoms with Gasteiger partial charge in [0.25, 0.3) is 5.91 Å². The second kappa shape index (κ2) is 10.8. The molecule has 1 aliphatic rings. The first kappa shape index (κ1) is 22.7. The first-order chi connectivity index (χ1) is 14.3. The average Bonchev–Trinajstić information content (AvgIpc) is 2.71. The molecule has 4 N–H and O–H groups in total. The monoisotopic (exact) mass is 416 g/mol. The van der Waals surface area contributed by atoms with Crippen LogP contribution in [0, 0.1) is 0 Å². The van der Waals surface area contributed by atoms with Crippen LogP contribution in [0.5, 0.6) is 0 Å². The van der Waals surface area contributed by atoms with Gasteiger partial charge >= 0.3 is 5.97 Å². The molecule has 0 spiro atoms. The van der Waals surface area contributed by atoms with E-state index in [4.69, 9.17) is 16.0 Å². The fraction of sp³-hybridized carbons (Fsp3) is 0.421. The van der Waals surface area contributed by atoms with Crippen LogP contribution in [0.2, 0.25) is 0 Å². The number of carbonyl (C=O) groups excluding carboxylic acids is 2. The Morgan fingerprint density at radius 2 is 2.00 bits per heavy atom. The zero-order valence-electron chi connectivity index (χ0n) is 16.5. The Kier molecular flexibility index (Phi) is 8.21. The van der Waals surface area contributed by atoms with Crippen LogP contribution in [0.15, 0.2) is 47.3 Å². The van der Waals surface area contributed by atoms with E-state index in [1.807, 2.05) is 30.3 Å². The standard InChI is InChI=1S/C19H24N6O5/c1-12(26)23-16-14(20)11-15(19(28)29)30-17(16)18(27)25(10-8-22-24-21)9-7-13-5-3-2-4-6-13/h2-6,11,14,16-17H,7-10,20H2,1H3,(H,23,26)(H,28,29)/t14-,16+,17+/m0/s1. The van der Waals surface area contributed by atoms with Crippen LogP contribution in [0.25, 0.3) is 10.4 Å². The van der Waals surface area contributed by atoms with Crippen molar-refractivity contribution in [2.45, 2.75) is 31.5 Å². The van der Waals surface area contributed by atoms with Crippen molar-refractivity contribution in [2.24, 2.45) is 10.8 Å². The summed E-state index contributed by atoms with van der Waals surface area (Å²) in [7, 11) is 0. The molecule has 0 bridgehead atoms. The van der Waals surface area contributed by atoms with E-state index in [9.17, 15) is 19.5 Å². The number of nitrogens with one attached hydrogen (secondary N) is 1. The van der Waals surface area contributed by atoms with E-state index in [1.165, 1.54) is 11.8 Å². The van der Waals surface area contributed by atoms with Gasteiger partial charge in [-0.1, -0.05) is 35.4 Å². The van der Waals surface area contributed by atoms with Gasteiger partial charge in [0.05, 0.1) is 12.1 Å². The molecule has 30 heavy (non-hydrogen) atoms. The number of carboxylic acid groups (broad SMARTS) is 1. The highest BCUT2D eigenvalue weighted by molar-refractivity contribution is 5.88. The fourth-order valence-corrected chi connectivity index (χ4v) is 3.09. The Morgan fingerprint density at radius 3 is 2.60 bits per heavy atom. The second-order valence-corrected chi connectivity index (χ2v) is 6.69. The van der Waals surface area contributed by atoms with Crippen molar-refractivity contribution in [3.63, 3.8) is 0 Å². The van der Waals surface area contributed by atoms with Gasteiger partial charge in [-0.15, -0.1) is 0 Å². The van der Waals surface area contributed by atoms with Crippen LogP contribution in [-0.4, -0.2) is 65.6 Å². The maximum atomic E-state index is 13.3. The molecule has 0 unspecified atom stereocenters. The number of nitrogens with zero attached hydrogens (tertiary/aromatic N) is 4. The van der Waals surface area contributed by atoms with E-state index in [2.05, 4.69) is 15.3 Å². The van der Waals surface area contributed by atoms with Gasteiger partial charge in [0.2, 0.25) is 11.7 Å². The van der Waals surface area contributed by atoms with Gasteiger partial charge in [-0.25, -0.2) is 4.79 Å². The number of benzene rings is 1. The predicted octanol–water partition coefficient (Wildman–Crippen LogP) is 0.567. The summed E-state index contributed by atoms with van der Waals surface area (Å²) >= 11 is 0. The third kappa shape index (κ3) is 6.23. The molecule has 1 heterocycles. The van der Waals surface area contributed by atoms with E-state index in [1.54, 1.807) is 0 Å². The van der Waals surface area contributed by atoms with Crippen molar-refractivity contribution in [3.8, 4) is 0 Å². The van der Waals surface area contributed by atoms with Crippen molar-refractivity contribution in [1.29, 1.82) is 0 Å². The molecule has 1 aromatic rings. The zero-order valence-corrected chi connectivity index (χ0v) is 16.5. The lowest BCUT2D eigenvalue weighted by molar-refractivity contribution is -0.149. The summed E-state index contributed by atoms with van der Waals surface area (Å²) in [6.45, 7) is 1.67. The molecule has 0 aromatic heterocycles. The molecular weight excluding hydrogens is 392 g/mol. The quantitative estimate of drug-likeness (QED) is 0.302. The summed E-state index contributed by atoms with van der Waals surface area (Å²) in [5.74, 6) is -2.82. The van der Waals surface area contributed by atoms with Crippen LogP contribution < -0.4 is 11.1 Å². The normalized spacial score (nSPS) is 20.2. The smallest absolute Gasteiger partial charge is 0.370 e. The van der Waals surface area contributed by atoms with Crippen molar-refractivity contribution in [1.82, 2.24) is 10.2 Å². The minimum atomic E-state index is -1.37. The third-order valence-corrected chi connectivity index (χ3v) is 4.52. The van der Waals surface area contributed by atoms with E-state index in [0.29, 0.717) is 6.42 Å². The van der Waals surface area contributed by atoms with Gasteiger partial charge in [0.15, 0.2) is 6.10 Å². The van der Waals surface area contributed by atoms with E-state index >= 15 is 0 Å². The van der Waals surface area contributed by atoms with Crippen LogP contribution in [-0.2, 0) is 25.5 Å². The third-order valence-electron chi connectivity index (χ3n) is 4.52. The Balaban J connectivity index is 2.25. The summed E-state index contributed by atoms with van der Waals surface area (Å²) in [6, 6.07) is 7.57. The highest BCUT2D eigenvalue weighted by atomic mass is 16.5. The lowest BCUT2D eigenvalue weighted by Crippen LogP contribution is -2.61. The minimum Gasteiger partial charge on any atom is -0.475 e. The lowest BCUT2D eigenvalue weighted by atomic mass is 9.97. The summed E-state index contributed by atoms with van der Waals surface area (Å²) in [5, 5.41) is 15.3. The Hall–Kier alpha value is -3.56. The molecule has 0 aliphatic carbocycles. The molecule has 2 amide bonds. The fourth-order valence-electron chi connectivity index (χ4n) is 3.09. The van der Waals surface area contributed by atoms with E-state index < -0.39 is 41.7 Å². The van der Waals surface area contributed by atoms with Crippen LogP contribution in [0.3, 0.4) is 0 Å². The van der Waals surface area contributed by atoms with Gasteiger partial charge in [-0.3, -0.25) is 9.59 Å². The molecule has 11 heteroatoms. The number of carboxylic acids is 1. The number of aliphatic carboxylic acids is 1. The number of carbonyl (C=O) groups is 3. The molecule has 0 fully saturated rings. The molecule has 2 rings (SSSR count). The van der Waals surface area contributed by atoms with E-state index in [-0.39, 0.29) is 19.6 Å². The summed E-state index contributed by atoms with van der Waals surface area (Å²) in [4.78, 5) is 40.3. The average molecular weight is 416 g/mol. The largest absolute Gasteiger partial charge is 0.475 e. The molecule has 0 saturated carbocycles. The maximum absolute atomic E-state index is 13.3. The van der Waals surface area contributed by atoms with Crippen molar-refractivity contribution in [2.75, 3.05) is 19.6 Å². The van der Waals surface area contributed by atoms with E-state index in [0.717, 1.165) is 11.6 Å². The highest BCUT2D eigenvalue weighted by Crippen LogP contribution is 2.20. The molecule has 3 atom stereocenters. The number of ether oxygens (including phenoxy) is 1. The number of nitrogens with two attached hydrogens (primary N) is 1. The maximum Gasteiger partial charge on any atom is 0.370 e. The number of hydrogen-bond donors (Lipinski definition) is 3. The van der Waals surface area contributed by atoms with Crippen molar-refractivity contribution in [3.05, 3.63) is 58.2 Å². The number of amides is 2. The number of rotatable bonds is 9. The second-order valence-electron chi connectivity index (χ2n) is 6.69. The molecule has 0 saturated heterocycles. The molecule has 11 nitrogen and oxygen atoms in total. The van der Waals surface area contributed by atoms with Crippen molar-refractivity contribution < 1.29 is 24.2 Å². The van der Waals surface area contributed by atoms with Gasteiger partial charge in [0.1, 0.15) is 0 Å². The molecule has 160 valence electrons. The van der Waals surface area contributed by atoms with Crippen LogP contribution in [0.1, 0.15) is 12.5 Å². The molecule has 1 aromatic carbocycles. The van der Waals surface area contributed by atoms with Crippen LogP contribution >= 0.6 is 0 Å². The lowest BCUT2D eigenvalue weighted by Gasteiger charge is -2.37. The first-order valence-electron chi connectivity index (χ1n) is 9.31. The summed E-state index contributed by atoms with van der Waals surface area (Å²) in [5.41, 5.74) is 15.5. The van der Waals surface area contributed by atoms with Gasteiger partial charge in [0, 0.05) is 31.5 Å². The predicted molar refractivity (Wildman–Crippen MR) is 107 cm³/mol. The van der Waals surface area contributed by atoms with Crippen LogP contribution in [0.4, 0.5) is 0 Å². The highest BCUT2D eigenvalue weighted by Gasteiger charge is 2.42. The topological polar surface area (TPSA) is 171 Å². The summed E-state index contributed by atoms with van der Waals surface area (Å²) in [6.07, 6.45) is 0.344.